The summed E-state index contributed by atoms with van der Waals surface area (Å²) in [7, 11) is 1.84. The predicted molar refractivity (Wildman–Crippen MR) is 103 cm³/mol. The molecule has 0 amide bonds. The predicted octanol–water partition coefficient (Wildman–Crippen LogP) is 2.79. The monoisotopic (exact) mass is 352 g/mol. The maximum atomic E-state index is 5.52. The van der Waals surface area contributed by atoms with Crippen LogP contribution in [0.5, 0.6) is 0 Å². The summed E-state index contributed by atoms with van der Waals surface area (Å²) in [4.78, 5) is 9.66. The Balaban J connectivity index is 1.92. The molecule has 1 aromatic heterocycles. The van der Waals surface area contributed by atoms with Crippen LogP contribution in [0.2, 0.25) is 0 Å². The molecule has 0 radical (unpaired) electrons. The van der Waals surface area contributed by atoms with E-state index in [2.05, 4.69) is 46.5 Å². The molecule has 1 aromatic rings. The van der Waals surface area contributed by atoms with Crippen LogP contribution in [0.25, 0.3) is 0 Å². The van der Waals surface area contributed by atoms with E-state index < -0.39 is 0 Å². The van der Waals surface area contributed by atoms with Gasteiger partial charge in [-0.05, 0) is 25.5 Å². The first kappa shape index (κ1) is 19.2. The molecule has 0 aromatic carbocycles. The summed E-state index contributed by atoms with van der Waals surface area (Å²) in [6.07, 6.45) is 3.69. The number of hydrogen-bond donors (Lipinski definition) is 2. The molecule has 2 rings (SSSR count). The molecule has 2 heterocycles. The van der Waals surface area contributed by atoms with Crippen molar-refractivity contribution >= 4 is 17.3 Å². The van der Waals surface area contributed by atoms with Gasteiger partial charge in [0.15, 0.2) is 5.96 Å². The third-order valence-electron chi connectivity index (χ3n) is 4.34. The second kappa shape index (κ2) is 10.7. The van der Waals surface area contributed by atoms with Crippen molar-refractivity contribution in [3.05, 3.63) is 21.9 Å². The number of unbranched alkanes of at least 4 members (excludes halogenated alkanes) is 2. The molecular weight excluding hydrogens is 320 g/mol. The minimum absolute atomic E-state index is 0.377. The van der Waals surface area contributed by atoms with Crippen LogP contribution in [0.15, 0.2) is 17.1 Å². The van der Waals surface area contributed by atoms with E-state index in [1.807, 2.05) is 18.4 Å². The van der Waals surface area contributed by atoms with E-state index in [1.54, 1.807) is 0 Å². The van der Waals surface area contributed by atoms with Gasteiger partial charge in [0.1, 0.15) is 0 Å². The summed E-state index contributed by atoms with van der Waals surface area (Å²) in [6, 6.07) is 4.85. The molecule has 0 aliphatic carbocycles. The van der Waals surface area contributed by atoms with Crippen LogP contribution in [0.4, 0.5) is 0 Å². The highest BCUT2D eigenvalue weighted by molar-refractivity contribution is 7.12. The highest BCUT2D eigenvalue weighted by Crippen LogP contribution is 2.27. The van der Waals surface area contributed by atoms with E-state index in [9.17, 15) is 0 Å². The van der Waals surface area contributed by atoms with Gasteiger partial charge in [-0.25, -0.2) is 0 Å². The zero-order valence-corrected chi connectivity index (χ0v) is 16.1. The van der Waals surface area contributed by atoms with Crippen molar-refractivity contribution < 1.29 is 4.74 Å². The summed E-state index contributed by atoms with van der Waals surface area (Å²) in [5.41, 5.74) is 0. The maximum absolute atomic E-state index is 5.52. The van der Waals surface area contributed by atoms with Crippen molar-refractivity contribution in [3.8, 4) is 0 Å². The Labute approximate surface area is 150 Å². The standard InChI is InChI=1S/C18H32N4OS/c1-4-5-6-9-20-18(19-3)21-14-16(17-8-7-15(2)24-17)22-10-12-23-13-11-22/h7-8,16H,4-6,9-14H2,1-3H3,(H2,19,20,21). The van der Waals surface area contributed by atoms with E-state index in [0.29, 0.717) is 6.04 Å². The van der Waals surface area contributed by atoms with Crippen LogP contribution in [0.3, 0.4) is 0 Å². The van der Waals surface area contributed by atoms with Crippen LogP contribution in [-0.2, 0) is 4.74 Å². The summed E-state index contributed by atoms with van der Waals surface area (Å²) >= 11 is 1.89. The highest BCUT2D eigenvalue weighted by Gasteiger charge is 2.24. The summed E-state index contributed by atoms with van der Waals surface area (Å²) in [6.45, 7) is 9.88. The maximum Gasteiger partial charge on any atom is 0.191 e. The lowest BCUT2D eigenvalue weighted by Crippen LogP contribution is -2.46. The van der Waals surface area contributed by atoms with E-state index >= 15 is 0 Å². The van der Waals surface area contributed by atoms with E-state index in [4.69, 9.17) is 4.74 Å². The fourth-order valence-electron chi connectivity index (χ4n) is 2.93. The van der Waals surface area contributed by atoms with Crippen LogP contribution in [0, 0.1) is 6.92 Å². The molecule has 1 aliphatic rings. The Morgan fingerprint density at radius 2 is 2.08 bits per heavy atom. The van der Waals surface area contributed by atoms with Gasteiger partial charge in [0.2, 0.25) is 0 Å². The smallest absolute Gasteiger partial charge is 0.191 e. The van der Waals surface area contributed by atoms with Gasteiger partial charge in [-0.1, -0.05) is 19.8 Å². The second-order valence-corrected chi connectivity index (χ2v) is 7.52. The van der Waals surface area contributed by atoms with Gasteiger partial charge in [-0.15, -0.1) is 11.3 Å². The van der Waals surface area contributed by atoms with Gasteiger partial charge < -0.3 is 15.4 Å². The molecule has 24 heavy (non-hydrogen) atoms. The average molecular weight is 353 g/mol. The number of hydrogen-bond acceptors (Lipinski definition) is 4. The quantitative estimate of drug-likeness (QED) is 0.429. The summed E-state index contributed by atoms with van der Waals surface area (Å²) in [5.74, 6) is 0.901. The van der Waals surface area contributed by atoms with E-state index in [0.717, 1.165) is 45.4 Å². The Bertz CT molecular complexity index is 497. The van der Waals surface area contributed by atoms with E-state index in [1.165, 1.54) is 29.0 Å². The van der Waals surface area contributed by atoms with Crippen LogP contribution < -0.4 is 10.6 Å². The van der Waals surface area contributed by atoms with Crippen LogP contribution >= 0.6 is 11.3 Å². The number of guanidine groups is 1. The molecule has 1 unspecified atom stereocenters. The Morgan fingerprint density at radius 3 is 2.71 bits per heavy atom. The topological polar surface area (TPSA) is 48.9 Å². The lowest BCUT2D eigenvalue weighted by atomic mass is 10.2. The van der Waals surface area contributed by atoms with Crippen LogP contribution in [0.1, 0.15) is 42.0 Å². The molecule has 2 N–H and O–H groups in total. The lowest BCUT2D eigenvalue weighted by Gasteiger charge is -2.34. The number of aliphatic imine (C=N–C) groups is 1. The van der Waals surface area contributed by atoms with Gasteiger partial charge in [0, 0.05) is 43.0 Å². The molecule has 1 aliphatic heterocycles. The van der Waals surface area contributed by atoms with E-state index in [-0.39, 0.29) is 0 Å². The molecular formula is C18H32N4OS. The third-order valence-corrected chi connectivity index (χ3v) is 5.44. The normalized spacial score (nSPS) is 17.7. The molecule has 1 atom stereocenters. The van der Waals surface area contributed by atoms with Crippen molar-refractivity contribution in [2.75, 3.05) is 46.4 Å². The van der Waals surface area contributed by atoms with Gasteiger partial charge in [-0.2, -0.15) is 0 Å². The Hall–Kier alpha value is -1.11. The van der Waals surface area contributed by atoms with Gasteiger partial charge in [0.05, 0.1) is 19.3 Å². The van der Waals surface area contributed by atoms with Crippen molar-refractivity contribution in [1.29, 1.82) is 0 Å². The second-order valence-electron chi connectivity index (χ2n) is 6.20. The number of ether oxygens (including phenoxy) is 1. The first-order valence-electron chi connectivity index (χ1n) is 9.07. The summed E-state index contributed by atoms with van der Waals surface area (Å²) in [5, 5.41) is 6.93. The van der Waals surface area contributed by atoms with Crippen molar-refractivity contribution in [2.45, 2.75) is 39.2 Å². The molecule has 0 saturated carbocycles. The average Bonchev–Trinajstić information content (AvgIpc) is 3.04. The molecule has 0 spiro atoms. The molecule has 1 saturated heterocycles. The fraction of sp³-hybridized carbons (Fsp3) is 0.722. The van der Waals surface area contributed by atoms with Crippen molar-refractivity contribution in [1.82, 2.24) is 15.5 Å². The highest BCUT2D eigenvalue weighted by atomic mass is 32.1. The van der Waals surface area contributed by atoms with Gasteiger partial charge in [0.25, 0.3) is 0 Å². The zero-order chi connectivity index (χ0) is 17.2. The number of nitrogens with zero attached hydrogens (tertiary/aromatic N) is 2. The lowest BCUT2D eigenvalue weighted by molar-refractivity contribution is 0.0177. The zero-order valence-electron chi connectivity index (χ0n) is 15.3. The molecule has 136 valence electrons. The number of morpholine rings is 1. The van der Waals surface area contributed by atoms with Gasteiger partial charge in [-0.3, -0.25) is 9.89 Å². The molecule has 1 fully saturated rings. The minimum Gasteiger partial charge on any atom is -0.379 e. The molecule has 6 heteroatoms. The third kappa shape index (κ3) is 6.07. The van der Waals surface area contributed by atoms with Gasteiger partial charge >= 0.3 is 0 Å². The Kier molecular flexibility index (Phi) is 8.56. The number of nitrogens with one attached hydrogen (secondary N) is 2. The number of aryl methyl sites for hydroxylation is 1. The number of rotatable bonds is 8. The minimum atomic E-state index is 0.377. The fourth-order valence-corrected chi connectivity index (χ4v) is 3.94. The first-order chi connectivity index (χ1) is 11.7. The summed E-state index contributed by atoms with van der Waals surface area (Å²) < 4.78 is 5.52. The first-order valence-corrected chi connectivity index (χ1v) is 9.89. The largest absolute Gasteiger partial charge is 0.379 e. The van der Waals surface area contributed by atoms with Crippen molar-refractivity contribution in [2.24, 2.45) is 4.99 Å². The molecule has 5 nitrogen and oxygen atoms in total. The van der Waals surface area contributed by atoms with Crippen LogP contribution in [-0.4, -0.2) is 57.3 Å². The SMILES string of the molecule is CCCCCNC(=NC)NCC(c1ccc(C)s1)N1CCOCC1. The number of thiophene rings is 1. The van der Waals surface area contributed by atoms with Crippen molar-refractivity contribution in [3.63, 3.8) is 0 Å². The Morgan fingerprint density at radius 1 is 1.29 bits per heavy atom. The molecule has 0 bridgehead atoms.